The van der Waals surface area contributed by atoms with E-state index in [0.29, 0.717) is 6.54 Å². The van der Waals surface area contributed by atoms with Gasteiger partial charge in [0.1, 0.15) is 6.04 Å². The molecular weight excluding hydrogens is 286 g/mol. The summed E-state index contributed by atoms with van der Waals surface area (Å²) >= 11 is 0. The highest BCUT2D eigenvalue weighted by Gasteiger charge is 2.16. The Balaban J connectivity index is 0.00000220. The molecule has 4 heteroatoms. The van der Waals surface area contributed by atoms with Crippen LogP contribution in [0.1, 0.15) is 12.5 Å². The van der Waals surface area contributed by atoms with Crippen molar-refractivity contribution in [2.75, 3.05) is 7.05 Å². The third-order valence-electron chi connectivity index (χ3n) is 3.51. The van der Waals surface area contributed by atoms with Crippen molar-refractivity contribution in [1.29, 1.82) is 0 Å². The fourth-order valence-electron chi connectivity index (χ4n) is 2.05. The number of benzene rings is 2. The maximum atomic E-state index is 10.9. The molecule has 1 unspecified atom stereocenters. The lowest BCUT2D eigenvalue weighted by Gasteiger charge is -2.21. The summed E-state index contributed by atoms with van der Waals surface area (Å²) in [5, 5.41) is 8.98. The minimum absolute atomic E-state index is 0. The van der Waals surface area contributed by atoms with E-state index in [1.165, 1.54) is 11.1 Å². The average molecular weight is 306 g/mol. The zero-order chi connectivity index (χ0) is 14.5. The summed E-state index contributed by atoms with van der Waals surface area (Å²) in [6, 6.07) is 18.0. The number of likely N-dealkylation sites (N-methyl/N-ethyl adjacent to an activating group) is 1. The van der Waals surface area contributed by atoms with Crippen LogP contribution in [-0.2, 0) is 11.3 Å². The van der Waals surface area contributed by atoms with Gasteiger partial charge in [-0.25, -0.2) is 0 Å². The molecule has 3 nitrogen and oxygen atoms in total. The number of carbonyl (C=O) groups is 1. The van der Waals surface area contributed by atoms with Crippen molar-refractivity contribution in [2.24, 2.45) is 0 Å². The average Bonchev–Trinajstić information content (AvgIpc) is 2.48. The van der Waals surface area contributed by atoms with Crippen LogP contribution in [0.15, 0.2) is 54.6 Å². The maximum Gasteiger partial charge on any atom is 0.320 e. The molecule has 0 heterocycles. The second kappa shape index (κ2) is 7.81. The summed E-state index contributed by atoms with van der Waals surface area (Å²) in [5.74, 6) is -0.798. The number of carboxylic acids is 1. The number of carboxylic acid groups (broad SMARTS) is 1. The molecule has 0 aliphatic rings. The van der Waals surface area contributed by atoms with Crippen molar-refractivity contribution in [3.63, 3.8) is 0 Å². The minimum Gasteiger partial charge on any atom is -0.480 e. The smallest absolute Gasteiger partial charge is 0.320 e. The lowest BCUT2D eigenvalue weighted by molar-refractivity contribution is -0.142. The molecule has 0 bridgehead atoms. The summed E-state index contributed by atoms with van der Waals surface area (Å²) in [7, 11) is 1.82. The highest BCUT2D eigenvalue weighted by molar-refractivity contribution is 5.85. The molecule has 0 fully saturated rings. The third kappa shape index (κ3) is 4.59. The molecule has 0 radical (unpaired) electrons. The zero-order valence-electron chi connectivity index (χ0n) is 12.2. The van der Waals surface area contributed by atoms with Crippen molar-refractivity contribution in [2.45, 2.75) is 19.5 Å². The quantitative estimate of drug-likeness (QED) is 0.916. The predicted octanol–water partition coefficient (Wildman–Crippen LogP) is 3.68. The molecule has 2 aromatic carbocycles. The molecule has 0 saturated carbocycles. The monoisotopic (exact) mass is 305 g/mol. The van der Waals surface area contributed by atoms with E-state index in [1.807, 2.05) is 42.3 Å². The molecule has 2 aromatic rings. The van der Waals surface area contributed by atoms with Gasteiger partial charge < -0.3 is 5.11 Å². The van der Waals surface area contributed by atoms with Crippen LogP contribution in [0, 0.1) is 0 Å². The van der Waals surface area contributed by atoms with E-state index in [1.54, 1.807) is 6.92 Å². The lowest BCUT2D eigenvalue weighted by Crippen LogP contribution is -2.35. The highest BCUT2D eigenvalue weighted by Crippen LogP contribution is 2.19. The zero-order valence-corrected chi connectivity index (χ0v) is 13.0. The van der Waals surface area contributed by atoms with Gasteiger partial charge in [0, 0.05) is 6.54 Å². The first-order valence-corrected chi connectivity index (χ1v) is 6.65. The molecule has 0 aromatic heterocycles. The largest absolute Gasteiger partial charge is 0.480 e. The van der Waals surface area contributed by atoms with Crippen LogP contribution in [-0.4, -0.2) is 29.1 Å². The Morgan fingerprint density at radius 1 is 1.05 bits per heavy atom. The summed E-state index contributed by atoms with van der Waals surface area (Å²) in [6.45, 7) is 2.32. The standard InChI is InChI=1S/C17H19NO2.ClH/c1-13(17(19)20)18(2)12-14-8-10-16(11-9-14)15-6-4-3-5-7-15;/h3-11,13H,12H2,1-2H3,(H,19,20);1H. The van der Waals surface area contributed by atoms with Crippen LogP contribution in [0.3, 0.4) is 0 Å². The lowest BCUT2D eigenvalue weighted by atomic mass is 10.0. The number of nitrogens with zero attached hydrogens (tertiary/aromatic N) is 1. The second-order valence-electron chi connectivity index (χ2n) is 4.99. The number of aliphatic carboxylic acids is 1. The van der Waals surface area contributed by atoms with Gasteiger partial charge in [-0.2, -0.15) is 0 Å². The molecule has 112 valence electrons. The Morgan fingerprint density at radius 3 is 2.10 bits per heavy atom. The first kappa shape index (κ1) is 17.2. The number of halogens is 1. The highest BCUT2D eigenvalue weighted by atomic mass is 35.5. The first-order valence-electron chi connectivity index (χ1n) is 6.65. The molecule has 0 amide bonds. The van der Waals surface area contributed by atoms with E-state index >= 15 is 0 Å². The Hall–Kier alpha value is -1.84. The summed E-state index contributed by atoms with van der Waals surface area (Å²) in [4.78, 5) is 12.7. The van der Waals surface area contributed by atoms with Crippen LogP contribution in [0.2, 0.25) is 0 Å². The van der Waals surface area contributed by atoms with Crippen molar-refractivity contribution >= 4 is 18.4 Å². The molecule has 1 N–H and O–H groups in total. The number of hydrogen-bond acceptors (Lipinski definition) is 2. The van der Waals surface area contributed by atoms with E-state index in [0.717, 1.165) is 5.56 Å². The van der Waals surface area contributed by atoms with Crippen molar-refractivity contribution in [3.8, 4) is 11.1 Å². The van der Waals surface area contributed by atoms with Crippen LogP contribution in [0.25, 0.3) is 11.1 Å². The third-order valence-corrected chi connectivity index (χ3v) is 3.51. The molecule has 1 atom stereocenters. The fourth-order valence-corrected chi connectivity index (χ4v) is 2.05. The predicted molar refractivity (Wildman–Crippen MR) is 87.7 cm³/mol. The van der Waals surface area contributed by atoms with E-state index in [4.69, 9.17) is 5.11 Å². The Bertz CT molecular complexity index is 569. The van der Waals surface area contributed by atoms with Gasteiger partial charge in [0.05, 0.1) is 0 Å². The summed E-state index contributed by atoms with van der Waals surface area (Å²) in [6.07, 6.45) is 0. The van der Waals surface area contributed by atoms with Crippen LogP contribution in [0.4, 0.5) is 0 Å². The molecule has 0 aliphatic heterocycles. The van der Waals surface area contributed by atoms with Gasteiger partial charge in [-0.15, -0.1) is 12.4 Å². The Labute approximate surface area is 131 Å². The summed E-state index contributed by atoms with van der Waals surface area (Å²) in [5.41, 5.74) is 3.47. The fraction of sp³-hybridized carbons (Fsp3) is 0.235. The molecular formula is C17H20ClNO2. The van der Waals surface area contributed by atoms with Gasteiger partial charge in [-0.3, -0.25) is 9.69 Å². The second-order valence-corrected chi connectivity index (χ2v) is 4.99. The number of hydrogen-bond donors (Lipinski definition) is 1. The van der Waals surface area contributed by atoms with Gasteiger partial charge in [-0.05, 0) is 30.7 Å². The SMILES string of the molecule is CC(C(=O)O)N(C)Cc1ccc(-c2ccccc2)cc1.Cl. The van der Waals surface area contributed by atoms with E-state index in [-0.39, 0.29) is 12.4 Å². The topological polar surface area (TPSA) is 40.5 Å². The Morgan fingerprint density at radius 2 is 1.57 bits per heavy atom. The minimum atomic E-state index is -0.798. The molecule has 0 saturated heterocycles. The van der Waals surface area contributed by atoms with Crippen molar-refractivity contribution in [3.05, 3.63) is 60.2 Å². The van der Waals surface area contributed by atoms with Crippen LogP contribution < -0.4 is 0 Å². The van der Waals surface area contributed by atoms with Crippen molar-refractivity contribution < 1.29 is 9.90 Å². The van der Waals surface area contributed by atoms with E-state index in [2.05, 4.69) is 24.3 Å². The van der Waals surface area contributed by atoms with Gasteiger partial charge >= 0.3 is 5.97 Å². The van der Waals surface area contributed by atoms with Gasteiger partial charge in [0.2, 0.25) is 0 Å². The first-order chi connectivity index (χ1) is 9.58. The normalized spacial score (nSPS) is 11.8. The molecule has 2 rings (SSSR count). The van der Waals surface area contributed by atoms with Crippen molar-refractivity contribution in [1.82, 2.24) is 4.90 Å². The molecule has 0 aliphatic carbocycles. The number of rotatable bonds is 5. The molecule has 21 heavy (non-hydrogen) atoms. The maximum absolute atomic E-state index is 10.9. The van der Waals surface area contributed by atoms with E-state index in [9.17, 15) is 4.79 Å². The Kier molecular flexibility index (Phi) is 6.40. The summed E-state index contributed by atoms with van der Waals surface area (Å²) < 4.78 is 0. The van der Waals surface area contributed by atoms with Crippen LogP contribution in [0.5, 0.6) is 0 Å². The molecule has 0 spiro atoms. The van der Waals surface area contributed by atoms with Crippen LogP contribution >= 0.6 is 12.4 Å². The van der Waals surface area contributed by atoms with Gasteiger partial charge in [0.25, 0.3) is 0 Å². The van der Waals surface area contributed by atoms with E-state index < -0.39 is 12.0 Å². The van der Waals surface area contributed by atoms with Gasteiger partial charge in [-0.1, -0.05) is 54.6 Å². The van der Waals surface area contributed by atoms with Gasteiger partial charge in [0.15, 0.2) is 0 Å².